The summed E-state index contributed by atoms with van der Waals surface area (Å²) >= 11 is 0. The van der Waals surface area contributed by atoms with Crippen LogP contribution in [0.25, 0.3) is 33.3 Å². The highest BCUT2D eigenvalue weighted by Gasteiger charge is 2.19. The Morgan fingerprint density at radius 1 is 0.821 bits per heavy atom. The van der Waals surface area contributed by atoms with Gasteiger partial charge in [-0.05, 0) is 18.2 Å². The van der Waals surface area contributed by atoms with Gasteiger partial charge in [0.25, 0.3) is 0 Å². The number of piperazine rings is 1. The van der Waals surface area contributed by atoms with Crippen LogP contribution in [0.1, 0.15) is 0 Å². The molecule has 0 atom stereocenters. The molecule has 28 heavy (non-hydrogen) atoms. The number of nitrogens with one attached hydrogen (secondary N) is 1. The summed E-state index contributed by atoms with van der Waals surface area (Å²) in [6.45, 7) is 4.20. The van der Waals surface area contributed by atoms with Gasteiger partial charge >= 0.3 is 0 Å². The molecule has 5 rings (SSSR count). The first kappa shape index (κ1) is 17.0. The molecule has 3 heterocycles. The average molecular weight is 368 g/mol. The normalized spacial score (nSPS) is 15.2. The molecule has 0 aliphatic carbocycles. The topological polar surface area (TPSA) is 35.2 Å². The van der Waals surface area contributed by atoms with E-state index >= 15 is 0 Å². The fraction of sp³-hybridized carbons (Fsp3) is 0.208. The minimum absolute atomic E-state index is 1.02. The minimum atomic E-state index is 1.02. The van der Waals surface area contributed by atoms with Crippen molar-refractivity contribution in [2.75, 3.05) is 38.1 Å². The Bertz CT molecular complexity index is 1080. The van der Waals surface area contributed by atoms with Crippen molar-refractivity contribution in [3.8, 4) is 22.4 Å². The Morgan fingerprint density at radius 3 is 2.14 bits per heavy atom. The zero-order valence-corrected chi connectivity index (χ0v) is 16.1. The lowest BCUT2D eigenvalue weighted by molar-refractivity contribution is 0.312. The molecular weight excluding hydrogens is 344 g/mol. The van der Waals surface area contributed by atoms with Crippen LogP contribution in [0.15, 0.2) is 72.9 Å². The van der Waals surface area contributed by atoms with Crippen LogP contribution in [-0.4, -0.2) is 48.1 Å². The summed E-state index contributed by atoms with van der Waals surface area (Å²) in [5.41, 5.74) is 5.92. The Kier molecular flexibility index (Phi) is 4.34. The Hall–Kier alpha value is -3.11. The first-order valence-corrected chi connectivity index (χ1v) is 9.85. The number of aromatic amines is 1. The summed E-state index contributed by atoms with van der Waals surface area (Å²) in [5.74, 6) is 1.06. The van der Waals surface area contributed by atoms with Gasteiger partial charge in [-0.25, -0.2) is 4.98 Å². The molecule has 1 aliphatic rings. The third kappa shape index (κ3) is 3.06. The summed E-state index contributed by atoms with van der Waals surface area (Å²) in [7, 11) is 2.18. The quantitative estimate of drug-likeness (QED) is 0.572. The summed E-state index contributed by atoms with van der Waals surface area (Å²) < 4.78 is 0. The highest BCUT2D eigenvalue weighted by atomic mass is 15.3. The summed E-state index contributed by atoms with van der Waals surface area (Å²) in [5, 5.41) is 1.17. The molecule has 4 nitrogen and oxygen atoms in total. The van der Waals surface area contributed by atoms with Gasteiger partial charge < -0.3 is 14.8 Å². The van der Waals surface area contributed by atoms with Crippen LogP contribution >= 0.6 is 0 Å². The molecule has 1 N–H and O–H groups in total. The molecule has 1 aliphatic heterocycles. The van der Waals surface area contributed by atoms with Gasteiger partial charge in [0.15, 0.2) is 0 Å². The van der Waals surface area contributed by atoms with Gasteiger partial charge in [0.2, 0.25) is 0 Å². The predicted molar refractivity (Wildman–Crippen MR) is 117 cm³/mol. The first-order valence-electron chi connectivity index (χ1n) is 9.85. The fourth-order valence-electron chi connectivity index (χ4n) is 4.01. The molecule has 1 fully saturated rings. The number of hydrogen-bond acceptors (Lipinski definition) is 3. The molecule has 0 spiro atoms. The van der Waals surface area contributed by atoms with Gasteiger partial charge in [0.05, 0.1) is 11.2 Å². The van der Waals surface area contributed by atoms with Crippen molar-refractivity contribution in [3.63, 3.8) is 0 Å². The molecule has 0 unspecified atom stereocenters. The number of aromatic nitrogens is 2. The standard InChI is InChI=1S/C24H24N4/c1-27-12-14-28(15-13-27)22-16-21-20(17-25-22)23(18-8-4-2-5-9-18)24(26-21)19-10-6-3-7-11-19/h2-11,16-17,26H,12-15H2,1H3. The Balaban J connectivity index is 1.65. The Morgan fingerprint density at radius 2 is 1.46 bits per heavy atom. The lowest BCUT2D eigenvalue weighted by Crippen LogP contribution is -2.44. The molecule has 0 saturated carbocycles. The number of nitrogens with zero attached hydrogens (tertiary/aromatic N) is 3. The van der Waals surface area contributed by atoms with Crippen LogP contribution in [0.2, 0.25) is 0 Å². The van der Waals surface area contributed by atoms with Crippen molar-refractivity contribution >= 4 is 16.7 Å². The molecule has 2 aromatic carbocycles. The van der Waals surface area contributed by atoms with E-state index in [1.807, 2.05) is 6.20 Å². The van der Waals surface area contributed by atoms with Crippen LogP contribution in [0.5, 0.6) is 0 Å². The highest BCUT2D eigenvalue weighted by Crippen LogP contribution is 2.38. The highest BCUT2D eigenvalue weighted by molar-refractivity contribution is 6.04. The third-order valence-corrected chi connectivity index (χ3v) is 5.62. The van der Waals surface area contributed by atoms with Crippen LogP contribution in [0, 0.1) is 0 Å². The van der Waals surface area contributed by atoms with Crippen LogP contribution in [0.3, 0.4) is 0 Å². The monoisotopic (exact) mass is 368 g/mol. The number of H-pyrrole nitrogens is 1. The third-order valence-electron chi connectivity index (χ3n) is 5.62. The minimum Gasteiger partial charge on any atom is -0.354 e. The van der Waals surface area contributed by atoms with Gasteiger partial charge in [-0.1, -0.05) is 60.7 Å². The maximum absolute atomic E-state index is 4.84. The lowest BCUT2D eigenvalue weighted by Gasteiger charge is -2.33. The van der Waals surface area contributed by atoms with E-state index in [9.17, 15) is 0 Å². The second-order valence-corrected chi connectivity index (χ2v) is 7.49. The molecule has 140 valence electrons. The van der Waals surface area contributed by atoms with Crippen molar-refractivity contribution in [2.24, 2.45) is 0 Å². The lowest BCUT2D eigenvalue weighted by atomic mass is 9.99. The maximum Gasteiger partial charge on any atom is 0.130 e. The SMILES string of the molecule is CN1CCN(c2cc3[nH]c(-c4ccccc4)c(-c4ccccc4)c3cn2)CC1. The van der Waals surface area contributed by atoms with Gasteiger partial charge in [-0.15, -0.1) is 0 Å². The van der Waals surface area contributed by atoms with Gasteiger partial charge in [0, 0.05) is 49.4 Å². The molecule has 0 bridgehead atoms. The fourth-order valence-corrected chi connectivity index (χ4v) is 4.01. The zero-order valence-electron chi connectivity index (χ0n) is 16.1. The van der Waals surface area contributed by atoms with E-state index in [0.717, 1.165) is 43.2 Å². The van der Waals surface area contributed by atoms with E-state index < -0.39 is 0 Å². The zero-order chi connectivity index (χ0) is 18.9. The van der Waals surface area contributed by atoms with E-state index in [0.29, 0.717) is 0 Å². The number of pyridine rings is 1. The summed E-state index contributed by atoms with van der Waals surface area (Å²) in [4.78, 5) is 13.3. The van der Waals surface area contributed by atoms with E-state index in [2.05, 4.69) is 88.6 Å². The number of fused-ring (bicyclic) bond motifs is 1. The molecule has 0 amide bonds. The van der Waals surface area contributed by atoms with Crippen molar-refractivity contribution in [1.82, 2.24) is 14.9 Å². The number of benzene rings is 2. The van der Waals surface area contributed by atoms with Crippen LogP contribution < -0.4 is 4.90 Å². The number of rotatable bonds is 3. The average Bonchev–Trinajstić information content (AvgIpc) is 3.14. The molecular formula is C24H24N4. The molecule has 1 saturated heterocycles. The second kappa shape index (κ2) is 7.13. The van der Waals surface area contributed by atoms with E-state index in [1.54, 1.807) is 0 Å². The molecule has 4 heteroatoms. The summed E-state index contributed by atoms with van der Waals surface area (Å²) in [6, 6.07) is 23.3. The number of hydrogen-bond donors (Lipinski definition) is 1. The van der Waals surface area contributed by atoms with Crippen LogP contribution in [-0.2, 0) is 0 Å². The number of anilines is 1. The molecule has 4 aromatic rings. The van der Waals surface area contributed by atoms with E-state index in [1.165, 1.54) is 22.1 Å². The van der Waals surface area contributed by atoms with Gasteiger partial charge in [-0.3, -0.25) is 0 Å². The van der Waals surface area contributed by atoms with Crippen LogP contribution in [0.4, 0.5) is 5.82 Å². The summed E-state index contributed by atoms with van der Waals surface area (Å²) in [6.07, 6.45) is 2.04. The molecule has 0 radical (unpaired) electrons. The van der Waals surface area contributed by atoms with Crippen molar-refractivity contribution < 1.29 is 0 Å². The van der Waals surface area contributed by atoms with Gasteiger partial charge in [-0.2, -0.15) is 0 Å². The largest absolute Gasteiger partial charge is 0.354 e. The van der Waals surface area contributed by atoms with Gasteiger partial charge in [0.1, 0.15) is 5.82 Å². The van der Waals surface area contributed by atoms with Crippen molar-refractivity contribution in [1.29, 1.82) is 0 Å². The molecule has 2 aromatic heterocycles. The Labute approximate surface area is 165 Å². The van der Waals surface area contributed by atoms with Crippen molar-refractivity contribution in [2.45, 2.75) is 0 Å². The first-order chi connectivity index (χ1) is 13.8. The van der Waals surface area contributed by atoms with Crippen molar-refractivity contribution in [3.05, 3.63) is 72.9 Å². The smallest absolute Gasteiger partial charge is 0.130 e. The van der Waals surface area contributed by atoms with E-state index in [-0.39, 0.29) is 0 Å². The second-order valence-electron chi connectivity index (χ2n) is 7.49. The predicted octanol–water partition coefficient (Wildman–Crippen LogP) is 4.65. The van der Waals surface area contributed by atoms with E-state index in [4.69, 9.17) is 4.98 Å². The number of likely N-dealkylation sites (N-methyl/N-ethyl adjacent to an activating group) is 1. The maximum atomic E-state index is 4.84.